The number of aliphatic hydroxyl groups is 1. The average Bonchev–Trinajstić information content (AvgIpc) is 2.46. The smallest absolute Gasteiger partial charge is 0.0783 e. The predicted molar refractivity (Wildman–Crippen MR) is 77.8 cm³/mol. The molecule has 0 aliphatic carbocycles. The van der Waals surface area contributed by atoms with Gasteiger partial charge in [-0.05, 0) is 19.1 Å². The predicted octanol–water partition coefficient (Wildman–Crippen LogP) is 3.96. The van der Waals surface area contributed by atoms with Crippen molar-refractivity contribution >= 4 is 10.9 Å². The maximum atomic E-state index is 9.99. The molecule has 0 aliphatic heterocycles. The van der Waals surface area contributed by atoms with Crippen molar-refractivity contribution in [3.05, 3.63) is 66.2 Å². The third-order valence-corrected chi connectivity index (χ3v) is 3.25. The molecule has 0 amide bonds. The van der Waals surface area contributed by atoms with E-state index in [0.717, 1.165) is 27.7 Å². The Bertz CT molecular complexity index is 705. The Kier molecular flexibility index (Phi) is 3.02. The summed E-state index contributed by atoms with van der Waals surface area (Å²) in [5.41, 5.74) is 3.70. The van der Waals surface area contributed by atoms with E-state index in [2.05, 4.69) is 0 Å². The van der Waals surface area contributed by atoms with E-state index in [4.69, 9.17) is 4.98 Å². The summed E-state index contributed by atoms with van der Waals surface area (Å²) >= 11 is 0. The first kappa shape index (κ1) is 11.9. The van der Waals surface area contributed by atoms with Gasteiger partial charge in [0.05, 0.1) is 17.3 Å². The lowest BCUT2D eigenvalue weighted by Gasteiger charge is -2.13. The Morgan fingerprint density at radius 2 is 1.63 bits per heavy atom. The molecule has 1 aromatic heterocycles. The lowest BCUT2D eigenvalue weighted by molar-refractivity contribution is 0.199. The number of para-hydroxylation sites is 1. The van der Waals surface area contributed by atoms with E-state index in [-0.39, 0.29) is 0 Å². The minimum atomic E-state index is -0.535. The number of rotatable bonds is 2. The first-order valence-corrected chi connectivity index (χ1v) is 6.39. The highest BCUT2D eigenvalue weighted by Crippen LogP contribution is 2.29. The van der Waals surface area contributed by atoms with Crippen molar-refractivity contribution in [1.82, 2.24) is 4.98 Å². The van der Waals surface area contributed by atoms with Gasteiger partial charge in [0.2, 0.25) is 0 Å². The standard InChI is InChI=1S/C17H15NO/c1-12(19)15-11-14-9-5-6-10-16(14)18-17(15)13-7-3-2-4-8-13/h2-12,19H,1H3. The number of fused-ring (bicyclic) bond motifs is 1. The van der Waals surface area contributed by atoms with Crippen LogP contribution in [-0.4, -0.2) is 10.1 Å². The van der Waals surface area contributed by atoms with Crippen molar-refractivity contribution in [2.24, 2.45) is 0 Å². The van der Waals surface area contributed by atoms with Gasteiger partial charge in [0.15, 0.2) is 0 Å². The summed E-state index contributed by atoms with van der Waals surface area (Å²) in [5, 5.41) is 11.0. The van der Waals surface area contributed by atoms with Crippen LogP contribution in [0, 0.1) is 0 Å². The van der Waals surface area contributed by atoms with Gasteiger partial charge in [-0.3, -0.25) is 0 Å². The monoisotopic (exact) mass is 249 g/mol. The molecule has 0 spiro atoms. The highest BCUT2D eigenvalue weighted by molar-refractivity contribution is 5.83. The fraction of sp³-hybridized carbons (Fsp3) is 0.118. The van der Waals surface area contributed by atoms with Gasteiger partial charge >= 0.3 is 0 Å². The van der Waals surface area contributed by atoms with Crippen LogP contribution in [0.25, 0.3) is 22.2 Å². The van der Waals surface area contributed by atoms with Crippen LogP contribution in [0.2, 0.25) is 0 Å². The van der Waals surface area contributed by atoms with Crippen LogP contribution < -0.4 is 0 Å². The van der Waals surface area contributed by atoms with Gasteiger partial charge in [-0.1, -0.05) is 48.5 Å². The molecule has 2 aromatic carbocycles. The van der Waals surface area contributed by atoms with Crippen LogP contribution >= 0.6 is 0 Å². The first-order chi connectivity index (χ1) is 9.25. The quantitative estimate of drug-likeness (QED) is 0.745. The fourth-order valence-electron chi connectivity index (χ4n) is 2.28. The van der Waals surface area contributed by atoms with E-state index >= 15 is 0 Å². The van der Waals surface area contributed by atoms with Gasteiger partial charge in [0.25, 0.3) is 0 Å². The Labute approximate surface area is 112 Å². The molecule has 0 bridgehead atoms. The third-order valence-electron chi connectivity index (χ3n) is 3.25. The maximum Gasteiger partial charge on any atom is 0.0783 e. The molecule has 19 heavy (non-hydrogen) atoms. The van der Waals surface area contributed by atoms with Gasteiger partial charge in [-0.15, -0.1) is 0 Å². The van der Waals surface area contributed by atoms with E-state index in [1.54, 1.807) is 6.92 Å². The van der Waals surface area contributed by atoms with Crippen molar-refractivity contribution in [3.8, 4) is 11.3 Å². The molecule has 0 radical (unpaired) electrons. The Balaban J connectivity index is 2.30. The minimum Gasteiger partial charge on any atom is -0.389 e. The molecular weight excluding hydrogens is 234 g/mol. The van der Waals surface area contributed by atoms with Gasteiger partial charge in [0.1, 0.15) is 0 Å². The van der Waals surface area contributed by atoms with Crippen LogP contribution in [0.3, 0.4) is 0 Å². The van der Waals surface area contributed by atoms with Crippen molar-refractivity contribution in [3.63, 3.8) is 0 Å². The molecule has 1 atom stereocenters. The summed E-state index contributed by atoms with van der Waals surface area (Å²) < 4.78 is 0. The Hall–Kier alpha value is -2.19. The summed E-state index contributed by atoms with van der Waals surface area (Å²) in [6, 6.07) is 20.0. The van der Waals surface area contributed by atoms with E-state index in [1.807, 2.05) is 60.7 Å². The molecule has 0 saturated carbocycles. The molecule has 0 aliphatic rings. The number of benzene rings is 2. The molecule has 0 fully saturated rings. The summed E-state index contributed by atoms with van der Waals surface area (Å²) in [6.07, 6.45) is -0.535. The second kappa shape index (κ2) is 4.82. The summed E-state index contributed by atoms with van der Waals surface area (Å²) in [6.45, 7) is 1.78. The van der Waals surface area contributed by atoms with E-state index < -0.39 is 6.10 Å². The number of nitrogens with zero attached hydrogens (tertiary/aromatic N) is 1. The van der Waals surface area contributed by atoms with Crippen LogP contribution in [0.5, 0.6) is 0 Å². The third kappa shape index (κ3) is 2.23. The van der Waals surface area contributed by atoms with E-state index in [9.17, 15) is 5.11 Å². The van der Waals surface area contributed by atoms with Crippen molar-refractivity contribution in [2.45, 2.75) is 13.0 Å². The topological polar surface area (TPSA) is 33.1 Å². The highest BCUT2D eigenvalue weighted by atomic mass is 16.3. The summed E-state index contributed by atoms with van der Waals surface area (Å²) in [7, 11) is 0. The average molecular weight is 249 g/mol. The SMILES string of the molecule is CC(O)c1cc2ccccc2nc1-c1ccccc1. The van der Waals surface area contributed by atoms with Gasteiger partial charge in [0, 0.05) is 16.5 Å². The minimum absolute atomic E-state index is 0.535. The summed E-state index contributed by atoms with van der Waals surface area (Å²) in [4.78, 5) is 4.71. The largest absolute Gasteiger partial charge is 0.389 e. The molecule has 2 nitrogen and oxygen atoms in total. The molecule has 2 heteroatoms. The van der Waals surface area contributed by atoms with Crippen LogP contribution in [0.4, 0.5) is 0 Å². The molecule has 1 N–H and O–H groups in total. The molecule has 3 aromatic rings. The van der Waals surface area contributed by atoms with Crippen LogP contribution in [0.1, 0.15) is 18.6 Å². The van der Waals surface area contributed by atoms with Crippen molar-refractivity contribution in [2.75, 3.05) is 0 Å². The van der Waals surface area contributed by atoms with Gasteiger partial charge < -0.3 is 5.11 Å². The van der Waals surface area contributed by atoms with Crippen molar-refractivity contribution in [1.29, 1.82) is 0 Å². The second-order valence-corrected chi connectivity index (χ2v) is 4.66. The zero-order chi connectivity index (χ0) is 13.2. The van der Waals surface area contributed by atoms with E-state index in [1.165, 1.54) is 0 Å². The molecule has 3 rings (SSSR count). The lowest BCUT2D eigenvalue weighted by atomic mass is 10.00. The number of hydrogen-bond acceptors (Lipinski definition) is 2. The number of aromatic nitrogens is 1. The molecule has 1 heterocycles. The fourth-order valence-corrected chi connectivity index (χ4v) is 2.28. The van der Waals surface area contributed by atoms with Crippen LogP contribution in [0.15, 0.2) is 60.7 Å². The van der Waals surface area contributed by atoms with Gasteiger partial charge in [-0.25, -0.2) is 4.98 Å². The molecule has 0 saturated heterocycles. The molecular formula is C17H15NO. The Morgan fingerprint density at radius 1 is 0.947 bits per heavy atom. The highest BCUT2D eigenvalue weighted by Gasteiger charge is 2.12. The summed E-state index contributed by atoms with van der Waals surface area (Å²) in [5.74, 6) is 0. The second-order valence-electron chi connectivity index (χ2n) is 4.66. The number of hydrogen-bond donors (Lipinski definition) is 1. The Morgan fingerprint density at radius 3 is 2.37 bits per heavy atom. The van der Waals surface area contributed by atoms with Crippen molar-refractivity contribution < 1.29 is 5.11 Å². The zero-order valence-electron chi connectivity index (χ0n) is 10.7. The first-order valence-electron chi connectivity index (χ1n) is 6.39. The zero-order valence-corrected chi connectivity index (χ0v) is 10.7. The normalized spacial score (nSPS) is 12.5. The maximum absolute atomic E-state index is 9.99. The molecule has 1 unspecified atom stereocenters. The lowest BCUT2D eigenvalue weighted by Crippen LogP contribution is -1.98. The number of pyridine rings is 1. The van der Waals surface area contributed by atoms with Gasteiger partial charge in [-0.2, -0.15) is 0 Å². The van der Waals surface area contributed by atoms with E-state index in [0.29, 0.717) is 0 Å². The number of aliphatic hydroxyl groups excluding tert-OH is 1. The van der Waals surface area contributed by atoms with Crippen LogP contribution in [-0.2, 0) is 0 Å². The molecule has 94 valence electrons.